The average Bonchev–Trinajstić information content (AvgIpc) is 2.48. The third-order valence-corrected chi connectivity index (χ3v) is 3.41. The molecule has 2 rings (SSSR count). The molecule has 1 saturated heterocycles. The molecule has 1 N–H and O–H groups in total. The van der Waals surface area contributed by atoms with Crippen LogP contribution in [0.2, 0.25) is 0 Å². The Morgan fingerprint density at radius 2 is 1.79 bits per heavy atom. The van der Waals surface area contributed by atoms with E-state index in [0.29, 0.717) is 6.61 Å². The number of esters is 1. The summed E-state index contributed by atoms with van der Waals surface area (Å²) in [5, 5.41) is 3.26. The molecule has 1 heterocycles. The maximum atomic E-state index is 12.0. The molecule has 1 aliphatic rings. The van der Waals surface area contributed by atoms with Crippen LogP contribution in [0.3, 0.4) is 0 Å². The van der Waals surface area contributed by atoms with Gasteiger partial charge in [0.2, 0.25) is 0 Å². The molecule has 3 nitrogen and oxygen atoms in total. The second-order valence-corrected chi connectivity index (χ2v) is 4.87. The molecule has 0 amide bonds. The number of piperidine rings is 1. The quantitative estimate of drug-likeness (QED) is 0.851. The monoisotopic (exact) mass is 263 g/mol. The molecule has 3 heteroatoms. The maximum absolute atomic E-state index is 12.0. The van der Waals surface area contributed by atoms with E-state index < -0.39 is 0 Å². The van der Waals surface area contributed by atoms with Crippen LogP contribution in [0.4, 0.5) is 0 Å². The minimum atomic E-state index is -0.306. The molecule has 1 aromatic rings. The van der Waals surface area contributed by atoms with Crippen LogP contribution in [0.15, 0.2) is 30.3 Å². The number of hydrogen-bond acceptors (Lipinski definition) is 3. The third kappa shape index (κ3) is 4.67. The van der Waals surface area contributed by atoms with Crippen molar-refractivity contribution in [2.24, 2.45) is 5.41 Å². The first-order chi connectivity index (χ1) is 9.21. The lowest BCUT2D eigenvalue weighted by Crippen LogP contribution is -2.40. The van der Waals surface area contributed by atoms with Crippen molar-refractivity contribution in [2.45, 2.75) is 40.2 Å². The Balaban J connectivity index is 0.000000861. The van der Waals surface area contributed by atoms with Gasteiger partial charge in [0.15, 0.2) is 0 Å². The molecule has 0 bridgehead atoms. The summed E-state index contributed by atoms with van der Waals surface area (Å²) in [7, 11) is 0. The van der Waals surface area contributed by atoms with Crippen molar-refractivity contribution in [3.8, 4) is 0 Å². The van der Waals surface area contributed by atoms with Crippen molar-refractivity contribution in [3.05, 3.63) is 35.9 Å². The van der Waals surface area contributed by atoms with Crippen LogP contribution < -0.4 is 5.32 Å². The number of nitrogens with one attached hydrogen (secondary N) is 1. The predicted octanol–water partition coefficient (Wildman–Crippen LogP) is 3.15. The fourth-order valence-corrected chi connectivity index (χ4v) is 2.08. The van der Waals surface area contributed by atoms with Crippen molar-refractivity contribution >= 4 is 5.97 Å². The second kappa shape index (κ2) is 7.95. The van der Waals surface area contributed by atoms with Crippen molar-refractivity contribution in [1.82, 2.24) is 5.32 Å². The molecule has 0 aromatic heterocycles. The van der Waals surface area contributed by atoms with E-state index in [1.807, 2.05) is 51.1 Å². The number of carbonyl (C=O) groups is 1. The zero-order valence-electron chi connectivity index (χ0n) is 12.2. The summed E-state index contributed by atoms with van der Waals surface area (Å²) >= 11 is 0. The summed E-state index contributed by atoms with van der Waals surface area (Å²) in [5.74, 6) is -0.0668. The molecule has 0 saturated carbocycles. The van der Waals surface area contributed by atoms with Crippen LogP contribution in [0.25, 0.3) is 0 Å². The number of benzene rings is 1. The Morgan fingerprint density at radius 3 is 2.37 bits per heavy atom. The van der Waals surface area contributed by atoms with Gasteiger partial charge >= 0.3 is 5.97 Å². The molecule has 1 aliphatic heterocycles. The van der Waals surface area contributed by atoms with Gasteiger partial charge in [-0.25, -0.2) is 0 Å². The Bertz CT molecular complexity index is 370. The lowest BCUT2D eigenvalue weighted by Gasteiger charge is -2.31. The highest BCUT2D eigenvalue weighted by Gasteiger charge is 2.35. The largest absolute Gasteiger partial charge is 0.460 e. The molecule has 0 unspecified atom stereocenters. The highest BCUT2D eigenvalue weighted by molar-refractivity contribution is 5.76. The van der Waals surface area contributed by atoms with Gasteiger partial charge in [0.25, 0.3) is 0 Å². The lowest BCUT2D eigenvalue weighted by molar-refractivity contribution is -0.157. The first-order valence-electron chi connectivity index (χ1n) is 7.13. The molecular weight excluding hydrogens is 238 g/mol. The van der Waals surface area contributed by atoms with Gasteiger partial charge in [0, 0.05) is 0 Å². The minimum absolute atomic E-state index is 0.0668. The molecule has 106 valence electrons. The van der Waals surface area contributed by atoms with Crippen LogP contribution in [-0.2, 0) is 16.1 Å². The molecule has 0 radical (unpaired) electrons. The summed E-state index contributed by atoms with van der Waals surface area (Å²) < 4.78 is 5.40. The smallest absolute Gasteiger partial charge is 0.312 e. The molecule has 0 aliphatic carbocycles. The molecular formula is C16H25NO2. The molecule has 0 spiro atoms. The Hall–Kier alpha value is -1.35. The van der Waals surface area contributed by atoms with Crippen LogP contribution in [-0.4, -0.2) is 19.1 Å². The lowest BCUT2D eigenvalue weighted by atomic mass is 9.81. The number of ether oxygens (including phenoxy) is 1. The summed E-state index contributed by atoms with van der Waals surface area (Å²) in [6, 6.07) is 9.81. The summed E-state index contributed by atoms with van der Waals surface area (Å²) in [6.45, 7) is 8.18. The van der Waals surface area contributed by atoms with Crippen LogP contribution in [0, 0.1) is 5.41 Å². The summed E-state index contributed by atoms with van der Waals surface area (Å²) in [4.78, 5) is 12.0. The molecule has 1 aromatic carbocycles. The zero-order chi connectivity index (χ0) is 14.1. The Kier molecular flexibility index (Phi) is 6.57. The second-order valence-electron chi connectivity index (χ2n) is 4.87. The maximum Gasteiger partial charge on any atom is 0.312 e. The van der Waals surface area contributed by atoms with E-state index in [1.54, 1.807) is 0 Å². The summed E-state index contributed by atoms with van der Waals surface area (Å²) in [6.07, 6.45) is 1.72. The van der Waals surface area contributed by atoms with E-state index in [4.69, 9.17) is 4.74 Å². The highest BCUT2D eigenvalue weighted by Crippen LogP contribution is 2.29. The van der Waals surface area contributed by atoms with Crippen LogP contribution in [0.5, 0.6) is 0 Å². The van der Waals surface area contributed by atoms with Crippen molar-refractivity contribution < 1.29 is 9.53 Å². The van der Waals surface area contributed by atoms with Gasteiger partial charge in [-0.05, 0) is 38.4 Å². The SMILES string of the molecule is CC.CC1(C(=O)OCc2ccccc2)CCNCC1. The van der Waals surface area contributed by atoms with Gasteiger partial charge in [-0.3, -0.25) is 4.79 Å². The van der Waals surface area contributed by atoms with Crippen LogP contribution in [0.1, 0.15) is 39.2 Å². The van der Waals surface area contributed by atoms with Crippen molar-refractivity contribution in [2.75, 3.05) is 13.1 Å². The summed E-state index contributed by atoms with van der Waals surface area (Å²) in [5.41, 5.74) is 0.735. The highest BCUT2D eigenvalue weighted by atomic mass is 16.5. The first-order valence-corrected chi connectivity index (χ1v) is 7.13. The Labute approximate surface area is 116 Å². The molecule has 1 fully saturated rings. The van der Waals surface area contributed by atoms with Crippen molar-refractivity contribution in [1.29, 1.82) is 0 Å². The van der Waals surface area contributed by atoms with Gasteiger partial charge in [-0.1, -0.05) is 44.2 Å². The fourth-order valence-electron chi connectivity index (χ4n) is 2.08. The van der Waals surface area contributed by atoms with E-state index in [1.165, 1.54) is 0 Å². The van der Waals surface area contributed by atoms with Crippen molar-refractivity contribution in [3.63, 3.8) is 0 Å². The van der Waals surface area contributed by atoms with Gasteiger partial charge in [-0.2, -0.15) is 0 Å². The standard InChI is InChI=1S/C14H19NO2.C2H6/c1-14(7-9-15-10-8-14)13(16)17-11-12-5-3-2-4-6-12;1-2/h2-6,15H,7-11H2,1H3;1-2H3. The van der Waals surface area contributed by atoms with Crippen LogP contribution >= 0.6 is 0 Å². The normalized spacial score (nSPS) is 17.0. The number of hydrogen-bond donors (Lipinski definition) is 1. The van der Waals surface area contributed by atoms with E-state index in [9.17, 15) is 4.79 Å². The average molecular weight is 263 g/mol. The fraction of sp³-hybridized carbons (Fsp3) is 0.562. The zero-order valence-corrected chi connectivity index (χ0v) is 12.2. The van der Waals surface area contributed by atoms with E-state index in [-0.39, 0.29) is 11.4 Å². The van der Waals surface area contributed by atoms with Gasteiger partial charge in [0.1, 0.15) is 6.61 Å². The topological polar surface area (TPSA) is 38.3 Å². The first kappa shape index (κ1) is 15.7. The predicted molar refractivity (Wildman–Crippen MR) is 77.8 cm³/mol. The molecule has 0 atom stereocenters. The number of carbonyl (C=O) groups excluding carboxylic acids is 1. The van der Waals surface area contributed by atoms with E-state index in [0.717, 1.165) is 31.5 Å². The van der Waals surface area contributed by atoms with Gasteiger partial charge < -0.3 is 10.1 Å². The molecule has 19 heavy (non-hydrogen) atoms. The number of rotatable bonds is 3. The van der Waals surface area contributed by atoms with E-state index >= 15 is 0 Å². The van der Waals surface area contributed by atoms with E-state index in [2.05, 4.69) is 5.32 Å². The van der Waals surface area contributed by atoms with Gasteiger partial charge in [-0.15, -0.1) is 0 Å². The minimum Gasteiger partial charge on any atom is -0.460 e. The Morgan fingerprint density at radius 1 is 1.21 bits per heavy atom. The van der Waals surface area contributed by atoms with Gasteiger partial charge in [0.05, 0.1) is 5.41 Å². The third-order valence-electron chi connectivity index (χ3n) is 3.41.